The number of ether oxygens (including phenoxy) is 1. The summed E-state index contributed by atoms with van der Waals surface area (Å²) >= 11 is 0. The van der Waals surface area contributed by atoms with Crippen LogP contribution in [0.1, 0.15) is 36.5 Å². The maximum Gasteiger partial charge on any atom is 0.122 e. The van der Waals surface area contributed by atoms with Crippen molar-refractivity contribution in [2.45, 2.75) is 37.2 Å². The molecule has 1 aromatic carbocycles. The molecule has 2 aliphatic rings. The predicted octanol–water partition coefficient (Wildman–Crippen LogP) is 3.95. The minimum atomic E-state index is -0.997. The van der Waals surface area contributed by atoms with Gasteiger partial charge >= 0.3 is 0 Å². The van der Waals surface area contributed by atoms with Gasteiger partial charge in [0.25, 0.3) is 0 Å². The Bertz CT molecular complexity index is 857. The first-order valence-electron chi connectivity index (χ1n) is 11.5. The van der Waals surface area contributed by atoms with Gasteiger partial charge in [0.2, 0.25) is 0 Å². The van der Waals surface area contributed by atoms with Crippen molar-refractivity contribution in [3.63, 3.8) is 0 Å². The highest BCUT2D eigenvalue weighted by atomic mass is 16.5. The third-order valence-corrected chi connectivity index (χ3v) is 7.23. The van der Waals surface area contributed by atoms with E-state index in [1.807, 2.05) is 30.3 Å². The lowest BCUT2D eigenvalue weighted by Gasteiger charge is -2.44. The number of methoxy groups -OCH3 is 1. The molecule has 0 spiro atoms. The second-order valence-electron chi connectivity index (χ2n) is 9.28. The van der Waals surface area contributed by atoms with Crippen LogP contribution in [0.4, 0.5) is 0 Å². The van der Waals surface area contributed by atoms with E-state index in [1.54, 1.807) is 13.4 Å². The summed E-state index contributed by atoms with van der Waals surface area (Å²) in [5.74, 6) is 1.53. The maximum atomic E-state index is 12.6. The van der Waals surface area contributed by atoms with Crippen molar-refractivity contribution in [1.82, 2.24) is 9.80 Å². The van der Waals surface area contributed by atoms with Crippen molar-refractivity contribution < 1.29 is 14.3 Å². The highest BCUT2D eigenvalue weighted by Crippen LogP contribution is 2.48. The monoisotopic (exact) mass is 424 g/mol. The summed E-state index contributed by atoms with van der Waals surface area (Å²) < 4.78 is 11.5. The summed E-state index contributed by atoms with van der Waals surface area (Å²) in [7, 11) is 3.87. The van der Waals surface area contributed by atoms with Crippen LogP contribution in [0, 0.1) is 5.92 Å². The Hall–Kier alpha value is -2.08. The number of nitrogens with zero attached hydrogens (tertiary/aromatic N) is 2. The summed E-state index contributed by atoms with van der Waals surface area (Å²) in [6, 6.07) is 11.9. The Morgan fingerprint density at radius 2 is 1.94 bits per heavy atom. The molecule has 3 unspecified atom stereocenters. The molecule has 1 saturated heterocycles. The third kappa shape index (κ3) is 4.74. The molecule has 1 aliphatic carbocycles. The van der Waals surface area contributed by atoms with Gasteiger partial charge in [-0.3, -0.25) is 0 Å². The molecule has 1 N–H and O–H groups in total. The van der Waals surface area contributed by atoms with Crippen LogP contribution in [-0.4, -0.2) is 67.4 Å². The smallest absolute Gasteiger partial charge is 0.122 e. The summed E-state index contributed by atoms with van der Waals surface area (Å²) in [5, 5.41) is 12.6. The molecule has 1 saturated carbocycles. The maximum absolute atomic E-state index is 12.6. The van der Waals surface area contributed by atoms with Gasteiger partial charge in [0.15, 0.2) is 0 Å². The number of hydrogen-bond acceptors (Lipinski definition) is 5. The van der Waals surface area contributed by atoms with Crippen LogP contribution in [-0.2, 0) is 6.42 Å². The van der Waals surface area contributed by atoms with Gasteiger partial charge in [-0.2, -0.15) is 0 Å². The Kier molecular flexibility index (Phi) is 6.85. The van der Waals surface area contributed by atoms with Gasteiger partial charge in [-0.25, -0.2) is 0 Å². The van der Waals surface area contributed by atoms with Crippen LogP contribution in [0.15, 0.2) is 59.2 Å². The van der Waals surface area contributed by atoms with Crippen molar-refractivity contribution in [1.29, 1.82) is 0 Å². The van der Waals surface area contributed by atoms with E-state index in [0.29, 0.717) is 6.42 Å². The number of furan rings is 1. The van der Waals surface area contributed by atoms with Crippen molar-refractivity contribution >= 4 is 0 Å². The van der Waals surface area contributed by atoms with Crippen LogP contribution >= 0.6 is 0 Å². The topological polar surface area (TPSA) is 49.1 Å². The zero-order valence-corrected chi connectivity index (χ0v) is 18.9. The lowest BCUT2D eigenvalue weighted by molar-refractivity contribution is -0.0524. The number of piperazine rings is 1. The highest BCUT2D eigenvalue weighted by molar-refractivity contribution is 5.37. The molecular weight excluding hydrogens is 388 g/mol. The lowest BCUT2D eigenvalue weighted by Crippen LogP contribution is -2.53. The Morgan fingerprint density at radius 3 is 2.65 bits per heavy atom. The number of rotatable bonds is 6. The number of hydrogen-bond donors (Lipinski definition) is 1. The van der Waals surface area contributed by atoms with E-state index in [-0.39, 0.29) is 11.8 Å². The molecule has 31 heavy (non-hydrogen) atoms. The van der Waals surface area contributed by atoms with E-state index >= 15 is 0 Å². The molecule has 3 atom stereocenters. The Balaban J connectivity index is 1.71. The van der Waals surface area contributed by atoms with Crippen molar-refractivity contribution in [2.24, 2.45) is 5.92 Å². The first-order valence-corrected chi connectivity index (χ1v) is 11.5. The van der Waals surface area contributed by atoms with Crippen molar-refractivity contribution in [3.05, 3.63) is 66.1 Å². The molecule has 4 rings (SSSR count). The fraction of sp³-hybridized carbons (Fsp3) is 0.538. The lowest BCUT2D eigenvalue weighted by atomic mass is 9.69. The van der Waals surface area contributed by atoms with Crippen LogP contribution in [0.25, 0.3) is 0 Å². The quantitative estimate of drug-likeness (QED) is 0.562. The molecule has 5 heteroatoms. The number of benzene rings is 1. The average molecular weight is 425 g/mol. The third-order valence-electron chi connectivity index (χ3n) is 7.23. The molecule has 5 nitrogen and oxygen atoms in total. The average Bonchev–Trinajstić information content (AvgIpc) is 3.25. The van der Waals surface area contributed by atoms with Gasteiger partial charge in [0.05, 0.1) is 24.9 Å². The van der Waals surface area contributed by atoms with Crippen LogP contribution in [0.5, 0.6) is 5.75 Å². The van der Waals surface area contributed by atoms with E-state index in [0.717, 1.165) is 74.6 Å². The zero-order valence-electron chi connectivity index (χ0n) is 18.9. The number of aliphatic hydroxyl groups is 1. The van der Waals surface area contributed by atoms with Gasteiger partial charge < -0.3 is 24.1 Å². The molecule has 2 aromatic rings. The fourth-order valence-electron chi connectivity index (χ4n) is 5.45. The summed E-state index contributed by atoms with van der Waals surface area (Å²) in [5.41, 5.74) is 1.10. The van der Waals surface area contributed by atoms with Crippen molar-refractivity contribution in [2.75, 3.05) is 46.9 Å². The Labute approximate surface area is 186 Å². The number of para-hydroxylation sites is 1. The minimum Gasteiger partial charge on any atom is -0.496 e. The van der Waals surface area contributed by atoms with Gasteiger partial charge in [-0.15, -0.1) is 0 Å². The normalized spacial score (nSPS) is 28.4. The van der Waals surface area contributed by atoms with E-state index in [9.17, 15) is 5.11 Å². The summed E-state index contributed by atoms with van der Waals surface area (Å²) in [6.07, 6.45) is 5.15. The molecule has 1 aromatic heterocycles. The first-order chi connectivity index (χ1) is 15.0. The van der Waals surface area contributed by atoms with Crippen molar-refractivity contribution in [3.8, 4) is 5.75 Å². The standard InChI is InChI=1S/C26H36N2O3/c1-20-8-6-10-22(19-28-15-13-27(2)14-16-28)26(29,25(20)24-12-7-17-31-24)18-21-9-4-5-11-23(21)30-3/h4-5,7,9,11-12,17,22,25,29H,1,6,8,10,13-16,18-19H2,2-3H3. The minimum absolute atomic E-state index is 0.121. The van der Waals surface area contributed by atoms with E-state index < -0.39 is 5.60 Å². The fourth-order valence-corrected chi connectivity index (χ4v) is 5.45. The summed E-state index contributed by atoms with van der Waals surface area (Å²) in [4.78, 5) is 4.89. The zero-order chi connectivity index (χ0) is 21.8. The van der Waals surface area contributed by atoms with Gasteiger partial charge in [-0.1, -0.05) is 30.4 Å². The van der Waals surface area contributed by atoms with Gasteiger partial charge in [0.1, 0.15) is 11.5 Å². The van der Waals surface area contributed by atoms with E-state index in [4.69, 9.17) is 9.15 Å². The van der Waals surface area contributed by atoms with Gasteiger partial charge in [0, 0.05) is 45.1 Å². The molecule has 0 radical (unpaired) electrons. The second kappa shape index (κ2) is 9.60. The van der Waals surface area contributed by atoms with Crippen LogP contribution < -0.4 is 4.74 Å². The first kappa shape index (κ1) is 22.1. The molecule has 2 heterocycles. The van der Waals surface area contributed by atoms with Crippen LogP contribution in [0.3, 0.4) is 0 Å². The predicted molar refractivity (Wildman–Crippen MR) is 124 cm³/mol. The number of likely N-dealkylation sites (N-methyl/N-ethyl adjacent to an activating group) is 1. The van der Waals surface area contributed by atoms with Crippen LogP contribution in [0.2, 0.25) is 0 Å². The summed E-state index contributed by atoms with van der Waals surface area (Å²) in [6.45, 7) is 9.55. The molecular formula is C26H36N2O3. The SMILES string of the molecule is C=C1CCCC(CN2CCN(C)CC2)C(O)(Cc2ccccc2OC)C1c1ccco1. The van der Waals surface area contributed by atoms with E-state index in [1.165, 1.54) is 0 Å². The molecule has 0 bridgehead atoms. The largest absolute Gasteiger partial charge is 0.496 e. The second-order valence-corrected chi connectivity index (χ2v) is 9.28. The Morgan fingerprint density at radius 1 is 1.16 bits per heavy atom. The van der Waals surface area contributed by atoms with Gasteiger partial charge in [-0.05, 0) is 50.1 Å². The molecule has 2 fully saturated rings. The molecule has 0 amide bonds. The van der Waals surface area contributed by atoms with E-state index in [2.05, 4.69) is 29.5 Å². The molecule has 168 valence electrons. The highest BCUT2D eigenvalue weighted by Gasteiger charge is 2.49. The molecule has 1 aliphatic heterocycles.